The minimum atomic E-state index is 0.618. The van der Waals surface area contributed by atoms with Crippen LogP contribution in [0.15, 0.2) is 0 Å². The van der Waals surface area contributed by atoms with Crippen molar-refractivity contribution in [2.24, 2.45) is 11.3 Å². The molecule has 0 spiro atoms. The first-order valence-electron chi connectivity index (χ1n) is 9.55. The average Bonchev–Trinajstić information content (AvgIpc) is 2.59. The first kappa shape index (κ1) is 21.9. The molecule has 0 saturated carbocycles. The Morgan fingerprint density at radius 3 is 2.12 bits per heavy atom. The molecule has 2 heterocycles. The van der Waals surface area contributed by atoms with Crippen LogP contribution in [0.3, 0.4) is 0 Å². The van der Waals surface area contributed by atoms with Crippen molar-refractivity contribution >= 4 is 18.2 Å². The fourth-order valence-corrected chi connectivity index (χ4v) is 3.77. The maximum absolute atomic E-state index is 10.1. The third-order valence-electron chi connectivity index (χ3n) is 5.91. The molecule has 0 amide bonds. The van der Waals surface area contributed by atoms with E-state index in [0.717, 1.165) is 51.3 Å². The van der Waals surface area contributed by atoms with Crippen molar-refractivity contribution in [1.82, 2.24) is 14.1 Å². The van der Waals surface area contributed by atoms with Gasteiger partial charge >= 0.3 is 0 Å². The molecule has 2 aliphatic heterocycles. The minimum Gasteiger partial charge on any atom is -0.306 e. The van der Waals surface area contributed by atoms with E-state index in [2.05, 4.69) is 48.2 Å². The second kappa shape index (κ2) is 11.5. The van der Waals surface area contributed by atoms with Crippen molar-refractivity contribution in [3.8, 4) is 0 Å². The Labute approximate surface area is 154 Å². The molecule has 2 aliphatic rings. The van der Waals surface area contributed by atoms with Gasteiger partial charge in [0.15, 0.2) is 0 Å². The molecule has 0 N–H and O–H groups in total. The van der Waals surface area contributed by atoms with Gasteiger partial charge in [0.2, 0.25) is 0 Å². The summed E-state index contributed by atoms with van der Waals surface area (Å²) in [6, 6.07) is 0. The molecule has 142 valence electrons. The molecular formula is C19H39N3OS. The molecule has 0 aromatic carbocycles. The number of hydrogen-bond donors (Lipinski definition) is 0. The number of hydrogen-bond acceptors (Lipinski definition) is 5. The summed E-state index contributed by atoms with van der Waals surface area (Å²) in [5.41, 5.74) is 0.618. The van der Waals surface area contributed by atoms with E-state index in [9.17, 15) is 4.79 Å². The van der Waals surface area contributed by atoms with Crippen LogP contribution in [0.25, 0.3) is 0 Å². The maximum Gasteiger partial charge on any atom is 0.120 e. The van der Waals surface area contributed by atoms with Crippen LogP contribution in [0.1, 0.15) is 46.5 Å². The molecule has 2 fully saturated rings. The number of aldehydes is 1. The Bertz CT molecular complexity index is 336. The standard InChI is InChI=1S/C10H21N.C9H18N2OS/c1-9(2)10(3)5-7-11(4)8-6-10;1-13-11-7-5-10(6-8-11)4-2-3-9-12/h9H,5-8H2,1-4H3;9H,2-8H2,1H3. The van der Waals surface area contributed by atoms with Gasteiger partial charge in [-0.3, -0.25) is 0 Å². The highest BCUT2D eigenvalue weighted by atomic mass is 32.2. The van der Waals surface area contributed by atoms with E-state index in [4.69, 9.17) is 0 Å². The van der Waals surface area contributed by atoms with Crippen molar-refractivity contribution in [2.45, 2.75) is 46.5 Å². The lowest BCUT2D eigenvalue weighted by Gasteiger charge is -2.41. The maximum atomic E-state index is 10.1. The zero-order valence-corrected chi connectivity index (χ0v) is 17.4. The van der Waals surface area contributed by atoms with Crippen LogP contribution in [0.2, 0.25) is 0 Å². The molecular weight excluding hydrogens is 318 g/mol. The molecule has 2 saturated heterocycles. The second-order valence-electron chi connectivity index (χ2n) is 7.87. The molecule has 0 aliphatic carbocycles. The minimum absolute atomic E-state index is 0.618. The van der Waals surface area contributed by atoms with Gasteiger partial charge in [-0.25, -0.2) is 4.31 Å². The van der Waals surface area contributed by atoms with E-state index in [0.29, 0.717) is 11.8 Å². The summed E-state index contributed by atoms with van der Waals surface area (Å²) in [6.07, 6.45) is 7.62. The van der Waals surface area contributed by atoms with E-state index in [1.165, 1.54) is 25.9 Å². The normalized spacial score (nSPS) is 22.9. The zero-order chi connectivity index (χ0) is 18.0. The number of nitrogens with zero attached hydrogens (tertiary/aromatic N) is 3. The van der Waals surface area contributed by atoms with E-state index in [-0.39, 0.29) is 0 Å². The summed E-state index contributed by atoms with van der Waals surface area (Å²) in [6.45, 7) is 15.4. The number of piperazine rings is 1. The van der Waals surface area contributed by atoms with E-state index in [1.54, 1.807) is 0 Å². The van der Waals surface area contributed by atoms with E-state index < -0.39 is 0 Å². The third-order valence-corrected chi connectivity index (χ3v) is 6.79. The van der Waals surface area contributed by atoms with E-state index in [1.807, 2.05) is 11.9 Å². The van der Waals surface area contributed by atoms with Crippen LogP contribution in [0.5, 0.6) is 0 Å². The summed E-state index contributed by atoms with van der Waals surface area (Å²) in [5.74, 6) is 0.844. The van der Waals surface area contributed by atoms with Gasteiger partial charge in [-0.1, -0.05) is 32.7 Å². The third kappa shape index (κ3) is 7.85. The molecule has 4 nitrogen and oxygen atoms in total. The number of piperidine rings is 1. The predicted octanol–water partition coefficient (Wildman–Crippen LogP) is 3.24. The van der Waals surface area contributed by atoms with Crippen LogP contribution in [0.4, 0.5) is 0 Å². The highest BCUT2D eigenvalue weighted by Gasteiger charge is 2.31. The molecule has 0 aromatic heterocycles. The molecule has 24 heavy (non-hydrogen) atoms. The number of likely N-dealkylation sites (tertiary alicyclic amines) is 1. The van der Waals surface area contributed by atoms with Crippen molar-refractivity contribution in [3.63, 3.8) is 0 Å². The summed E-state index contributed by atoms with van der Waals surface area (Å²) in [4.78, 5) is 15.0. The molecule has 0 atom stereocenters. The fraction of sp³-hybridized carbons (Fsp3) is 0.947. The lowest BCUT2D eigenvalue weighted by atomic mass is 9.72. The molecule has 0 aromatic rings. The van der Waals surface area contributed by atoms with Gasteiger partial charge in [-0.15, -0.1) is 0 Å². The molecule has 2 rings (SSSR count). The average molecular weight is 358 g/mol. The Balaban J connectivity index is 0.000000243. The molecule has 0 bridgehead atoms. The number of rotatable bonds is 6. The summed E-state index contributed by atoms with van der Waals surface area (Å²) in [5, 5.41) is 0. The van der Waals surface area contributed by atoms with Gasteiger partial charge in [0, 0.05) is 32.6 Å². The highest BCUT2D eigenvalue weighted by molar-refractivity contribution is 7.96. The predicted molar refractivity (Wildman–Crippen MR) is 107 cm³/mol. The van der Waals surface area contributed by atoms with Crippen LogP contribution in [-0.2, 0) is 4.79 Å². The quantitative estimate of drug-likeness (QED) is 0.413. The zero-order valence-electron chi connectivity index (χ0n) is 16.6. The SMILES string of the molecule is CC(C)C1(C)CCN(C)CC1.CSN1CCN(CCCC=O)CC1. The monoisotopic (exact) mass is 357 g/mol. The van der Waals surface area contributed by atoms with Crippen LogP contribution < -0.4 is 0 Å². The Hall–Kier alpha value is -0.100. The van der Waals surface area contributed by atoms with Gasteiger partial charge in [-0.2, -0.15) is 0 Å². The highest BCUT2D eigenvalue weighted by Crippen LogP contribution is 2.37. The number of carbonyl (C=O) groups is 1. The Morgan fingerprint density at radius 1 is 1.08 bits per heavy atom. The molecule has 5 heteroatoms. The second-order valence-corrected chi connectivity index (χ2v) is 8.76. The first-order chi connectivity index (χ1) is 11.4. The van der Waals surface area contributed by atoms with E-state index >= 15 is 0 Å². The van der Waals surface area contributed by atoms with Crippen LogP contribution >= 0.6 is 11.9 Å². The van der Waals surface area contributed by atoms with Gasteiger partial charge in [0.1, 0.15) is 6.29 Å². The summed E-state index contributed by atoms with van der Waals surface area (Å²) in [7, 11) is 2.22. The van der Waals surface area contributed by atoms with Gasteiger partial charge in [-0.05, 0) is 63.5 Å². The summed E-state index contributed by atoms with van der Waals surface area (Å²) < 4.78 is 2.39. The topological polar surface area (TPSA) is 26.8 Å². The number of unbranched alkanes of at least 4 members (excludes halogenated alkanes) is 1. The smallest absolute Gasteiger partial charge is 0.120 e. The first-order valence-corrected chi connectivity index (χ1v) is 10.7. The van der Waals surface area contributed by atoms with Gasteiger partial charge in [0.05, 0.1) is 0 Å². The van der Waals surface area contributed by atoms with Gasteiger partial charge < -0.3 is 14.6 Å². The van der Waals surface area contributed by atoms with Crippen LogP contribution in [0, 0.1) is 11.3 Å². The Kier molecular flexibility index (Phi) is 10.5. The number of carbonyl (C=O) groups excluding carboxylic acids is 1. The van der Waals surface area contributed by atoms with Gasteiger partial charge in [0.25, 0.3) is 0 Å². The van der Waals surface area contributed by atoms with Crippen molar-refractivity contribution in [3.05, 3.63) is 0 Å². The summed E-state index contributed by atoms with van der Waals surface area (Å²) >= 11 is 1.83. The van der Waals surface area contributed by atoms with Crippen molar-refractivity contribution < 1.29 is 4.79 Å². The fourth-order valence-electron chi connectivity index (χ4n) is 3.24. The molecule has 0 unspecified atom stereocenters. The van der Waals surface area contributed by atoms with Crippen molar-refractivity contribution in [2.75, 3.05) is 59.1 Å². The van der Waals surface area contributed by atoms with Crippen LogP contribution in [-0.4, -0.2) is 79.5 Å². The largest absolute Gasteiger partial charge is 0.306 e. The van der Waals surface area contributed by atoms with Crippen molar-refractivity contribution in [1.29, 1.82) is 0 Å². The lowest BCUT2D eigenvalue weighted by molar-refractivity contribution is -0.108. The Morgan fingerprint density at radius 2 is 1.67 bits per heavy atom. The lowest BCUT2D eigenvalue weighted by Crippen LogP contribution is -2.43. The molecule has 0 radical (unpaired) electrons.